The van der Waals surface area contributed by atoms with Crippen molar-refractivity contribution in [3.63, 3.8) is 0 Å². The first-order chi connectivity index (χ1) is 8.86. The fourth-order valence-electron chi connectivity index (χ4n) is 1.70. The predicted molar refractivity (Wildman–Crippen MR) is 68.8 cm³/mol. The second kappa shape index (κ2) is 6.89. The standard InChI is InChI=1S/C12H19N3O4/c1-8(2)5-15(7-12(17)18)6-11(16)13-10-4-9(3)19-14-10/h4,8H,5-7H2,1-3H3,(H,17,18)(H,13,14,16). The van der Waals surface area contributed by atoms with Crippen LogP contribution in [0.5, 0.6) is 0 Å². The van der Waals surface area contributed by atoms with Crippen LogP contribution in [0, 0.1) is 12.8 Å². The highest BCUT2D eigenvalue weighted by Gasteiger charge is 2.16. The van der Waals surface area contributed by atoms with Crippen molar-refractivity contribution in [2.24, 2.45) is 5.92 Å². The molecule has 7 nitrogen and oxygen atoms in total. The number of carbonyl (C=O) groups is 2. The number of anilines is 1. The van der Waals surface area contributed by atoms with Crippen molar-refractivity contribution in [3.8, 4) is 0 Å². The van der Waals surface area contributed by atoms with Gasteiger partial charge in [0.1, 0.15) is 5.76 Å². The fraction of sp³-hybridized carbons (Fsp3) is 0.583. The molecule has 1 aromatic rings. The number of nitrogens with one attached hydrogen (secondary N) is 1. The van der Waals surface area contributed by atoms with Gasteiger partial charge in [-0.3, -0.25) is 14.5 Å². The minimum Gasteiger partial charge on any atom is -0.480 e. The zero-order valence-corrected chi connectivity index (χ0v) is 11.3. The van der Waals surface area contributed by atoms with Crippen LogP contribution in [0.1, 0.15) is 19.6 Å². The van der Waals surface area contributed by atoms with E-state index in [1.165, 1.54) is 0 Å². The van der Waals surface area contributed by atoms with E-state index in [1.54, 1.807) is 17.9 Å². The van der Waals surface area contributed by atoms with E-state index in [9.17, 15) is 9.59 Å². The van der Waals surface area contributed by atoms with Crippen molar-refractivity contribution in [1.29, 1.82) is 0 Å². The molecule has 1 aromatic heterocycles. The Morgan fingerprint density at radius 1 is 1.47 bits per heavy atom. The lowest BCUT2D eigenvalue weighted by Crippen LogP contribution is -2.39. The lowest BCUT2D eigenvalue weighted by Gasteiger charge is -2.21. The number of aromatic nitrogens is 1. The molecule has 0 saturated carbocycles. The van der Waals surface area contributed by atoms with Gasteiger partial charge in [0.2, 0.25) is 5.91 Å². The van der Waals surface area contributed by atoms with E-state index in [-0.39, 0.29) is 24.9 Å². The minimum absolute atomic E-state index is 0.0103. The number of rotatable bonds is 7. The summed E-state index contributed by atoms with van der Waals surface area (Å²) in [5, 5.41) is 15.0. The molecule has 7 heteroatoms. The highest BCUT2D eigenvalue weighted by Crippen LogP contribution is 2.07. The molecule has 0 aliphatic heterocycles. The van der Waals surface area contributed by atoms with E-state index in [2.05, 4.69) is 10.5 Å². The lowest BCUT2D eigenvalue weighted by atomic mass is 10.2. The third-order valence-corrected chi connectivity index (χ3v) is 2.24. The van der Waals surface area contributed by atoms with Crippen LogP contribution in [0.2, 0.25) is 0 Å². The van der Waals surface area contributed by atoms with Crippen molar-refractivity contribution in [2.45, 2.75) is 20.8 Å². The monoisotopic (exact) mass is 269 g/mol. The summed E-state index contributed by atoms with van der Waals surface area (Å²) in [5.74, 6) is -0.0513. The van der Waals surface area contributed by atoms with Crippen LogP contribution in [-0.4, -0.2) is 46.7 Å². The van der Waals surface area contributed by atoms with Gasteiger partial charge >= 0.3 is 5.97 Å². The molecular weight excluding hydrogens is 250 g/mol. The highest BCUT2D eigenvalue weighted by molar-refractivity contribution is 5.91. The molecule has 0 atom stereocenters. The molecule has 0 aromatic carbocycles. The van der Waals surface area contributed by atoms with E-state index < -0.39 is 5.97 Å². The Kier molecular flexibility index (Phi) is 5.50. The van der Waals surface area contributed by atoms with Crippen molar-refractivity contribution < 1.29 is 19.2 Å². The van der Waals surface area contributed by atoms with Crippen LogP contribution < -0.4 is 5.32 Å². The summed E-state index contributed by atoms with van der Waals surface area (Å²) in [6.07, 6.45) is 0. The number of nitrogens with zero attached hydrogens (tertiary/aromatic N) is 2. The molecule has 0 radical (unpaired) electrons. The van der Waals surface area contributed by atoms with Crippen LogP contribution in [0.25, 0.3) is 0 Å². The maximum absolute atomic E-state index is 11.8. The first-order valence-corrected chi connectivity index (χ1v) is 6.04. The molecule has 1 amide bonds. The maximum Gasteiger partial charge on any atom is 0.317 e. The van der Waals surface area contributed by atoms with Gasteiger partial charge in [0, 0.05) is 12.6 Å². The van der Waals surface area contributed by atoms with Crippen LogP contribution >= 0.6 is 0 Å². The summed E-state index contributed by atoms with van der Waals surface area (Å²) in [5.41, 5.74) is 0. The van der Waals surface area contributed by atoms with E-state index in [0.29, 0.717) is 18.1 Å². The van der Waals surface area contributed by atoms with Crippen LogP contribution in [0.15, 0.2) is 10.6 Å². The van der Waals surface area contributed by atoms with Gasteiger partial charge in [0.05, 0.1) is 13.1 Å². The molecule has 1 heterocycles. The number of hydrogen-bond donors (Lipinski definition) is 2. The van der Waals surface area contributed by atoms with Crippen LogP contribution in [0.4, 0.5) is 5.82 Å². The molecule has 2 N–H and O–H groups in total. The molecule has 0 saturated heterocycles. The zero-order valence-electron chi connectivity index (χ0n) is 11.3. The number of amides is 1. The summed E-state index contributed by atoms with van der Waals surface area (Å²) in [7, 11) is 0. The molecular formula is C12H19N3O4. The maximum atomic E-state index is 11.8. The van der Waals surface area contributed by atoms with E-state index in [0.717, 1.165) is 0 Å². The molecule has 0 bridgehead atoms. The molecule has 0 unspecified atom stereocenters. The zero-order chi connectivity index (χ0) is 14.4. The van der Waals surface area contributed by atoms with Gasteiger partial charge in [-0.25, -0.2) is 0 Å². The van der Waals surface area contributed by atoms with Gasteiger partial charge in [0.15, 0.2) is 5.82 Å². The number of aliphatic carboxylic acids is 1. The Balaban J connectivity index is 2.52. The number of hydrogen-bond acceptors (Lipinski definition) is 5. The fourth-order valence-corrected chi connectivity index (χ4v) is 1.70. The van der Waals surface area contributed by atoms with E-state index in [4.69, 9.17) is 9.63 Å². The van der Waals surface area contributed by atoms with Gasteiger partial charge in [-0.1, -0.05) is 19.0 Å². The summed E-state index contributed by atoms with van der Waals surface area (Å²) in [6.45, 7) is 6.04. The largest absolute Gasteiger partial charge is 0.480 e. The van der Waals surface area contributed by atoms with E-state index >= 15 is 0 Å². The van der Waals surface area contributed by atoms with Gasteiger partial charge in [-0.2, -0.15) is 0 Å². The third kappa shape index (κ3) is 6.01. The third-order valence-electron chi connectivity index (χ3n) is 2.24. The first kappa shape index (κ1) is 15.2. The minimum atomic E-state index is -0.953. The van der Waals surface area contributed by atoms with Gasteiger partial charge in [-0.15, -0.1) is 0 Å². The first-order valence-electron chi connectivity index (χ1n) is 6.04. The Morgan fingerprint density at radius 3 is 2.63 bits per heavy atom. The van der Waals surface area contributed by atoms with Crippen molar-refractivity contribution in [2.75, 3.05) is 25.0 Å². The molecule has 0 aliphatic rings. The quantitative estimate of drug-likeness (QED) is 0.765. The number of aryl methyl sites for hydroxylation is 1. The molecule has 0 aliphatic carbocycles. The molecule has 106 valence electrons. The molecule has 0 spiro atoms. The van der Waals surface area contributed by atoms with Gasteiger partial charge in [0.25, 0.3) is 0 Å². The molecule has 19 heavy (non-hydrogen) atoms. The second-order valence-corrected chi connectivity index (χ2v) is 4.83. The highest BCUT2D eigenvalue weighted by atomic mass is 16.5. The SMILES string of the molecule is Cc1cc(NC(=O)CN(CC(=O)O)CC(C)C)no1. The molecule has 0 fully saturated rings. The Labute approximate surface area is 111 Å². The van der Waals surface area contributed by atoms with Crippen molar-refractivity contribution in [1.82, 2.24) is 10.1 Å². The second-order valence-electron chi connectivity index (χ2n) is 4.83. The average molecular weight is 269 g/mol. The number of carbonyl (C=O) groups excluding carboxylic acids is 1. The Morgan fingerprint density at radius 2 is 2.16 bits per heavy atom. The summed E-state index contributed by atoms with van der Waals surface area (Å²) >= 11 is 0. The normalized spacial score (nSPS) is 11.0. The Hall–Kier alpha value is -1.89. The van der Waals surface area contributed by atoms with Crippen molar-refractivity contribution in [3.05, 3.63) is 11.8 Å². The number of carboxylic acids is 1. The number of carboxylic acid groups (broad SMARTS) is 1. The summed E-state index contributed by atoms with van der Waals surface area (Å²) in [6, 6.07) is 1.60. The smallest absolute Gasteiger partial charge is 0.317 e. The van der Waals surface area contributed by atoms with Crippen molar-refractivity contribution >= 4 is 17.7 Å². The summed E-state index contributed by atoms with van der Waals surface area (Å²) < 4.78 is 4.83. The van der Waals surface area contributed by atoms with Crippen LogP contribution in [-0.2, 0) is 9.59 Å². The average Bonchev–Trinajstić information content (AvgIpc) is 2.61. The topological polar surface area (TPSA) is 95.7 Å². The van der Waals surface area contributed by atoms with E-state index in [1.807, 2.05) is 13.8 Å². The van der Waals surface area contributed by atoms with Gasteiger partial charge < -0.3 is 14.9 Å². The summed E-state index contributed by atoms with van der Waals surface area (Å²) in [4.78, 5) is 24.1. The lowest BCUT2D eigenvalue weighted by molar-refractivity contribution is -0.138. The molecule has 1 rings (SSSR count). The van der Waals surface area contributed by atoms with Gasteiger partial charge in [-0.05, 0) is 12.8 Å². The van der Waals surface area contributed by atoms with Crippen LogP contribution in [0.3, 0.4) is 0 Å². The Bertz CT molecular complexity index is 442. The predicted octanol–water partition coefficient (Wildman–Crippen LogP) is 0.964.